The number of hydrogen-bond acceptors (Lipinski definition) is 5. The van der Waals surface area contributed by atoms with Crippen LogP contribution in [0.1, 0.15) is 29.5 Å². The van der Waals surface area contributed by atoms with Crippen molar-refractivity contribution in [2.45, 2.75) is 25.2 Å². The summed E-state index contributed by atoms with van der Waals surface area (Å²) in [5.74, 6) is 0.168. The average molecular weight is 241 g/mol. The van der Waals surface area contributed by atoms with Crippen LogP contribution in [0.15, 0.2) is 5.38 Å². The summed E-state index contributed by atoms with van der Waals surface area (Å²) < 4.78 is 10.0. The number of ether oxygens (including phenoxy) is 2. The third kappa shape index (κ3) is 2.80. The Labute approximate surface area is 98.6 Å². The summed E-state index contributed by atoms with van der Waals surface area (Å²) in [7, 11) is 1.39. The van der Waals surface area contributed by atoms with Gasteiger partial charge in [0, 0.05) is 17.9 Å². The zero-order valence-electron chi connectivity index (χ0n) is 9.27. The summed E-state index contributed by atoms with van der Waals surface area (Å²) in [6.07, 6.45) is 2.49. The molecule has 0 saturated carbocycles. The number of carbonyl (C=O) groups excluding carboxylic acids is 1. The topological polar surface area (TPSA) is 48.4 Å². The van der Waals surface area contributed by atoms with Gasteiger partial charge in [0.15, 0.2) is 0 Å². The summed E-state index contributed by atoms with van der Waals surface area (Å²) in [6.45, 7) is 1.61. The van der Waals surface area contributed by atoms with Gasteiger partial charge in [-0.25, -0.2) is 4.98 Å². The molecule has 1 saturated heterocycles. The van der Waals surface area contributed by atoms with Crippen LogP contribution in [0.5, 0.6) is 0 Å². The summed E-state index contributed by atoms with van der Waals surface area (Å²) >= 11 is 1.61. The Morgan fingerprint density at radius 3 is 3.31 bits per heavy atom. The summed E-state index contributed by atoms with van der Waals surface area (Å²) in [4.78, 5) is 15.5. The smallest absolute Gasteiger partial charge is 0.311 e. The maximum absolute atomic E-state index is 11.1. The van der Waals surface area contributed by atoms with Crippen molar-refractivity contribution >= 4 is 17.3 Å². The van der Waals surface area contributed by atoms with Crippen LogP contribution in [-0.2, 0) is 20.7 Å². The highest BCUT2D eigenvalue weighted by Crippen LogP contribution is 2.27. The molecule has 1 aromatic rings. The van der Waals surface area contributed by atoms with Crippen molar-refractivity contribution in [2.75, 3.05) is 20.3 Å². The number of hydrogen-bond donors (Lipinski definition) is 0. The Morgan fingerprint density at radius 1 is 1.75 bits per heavy atom. The summed E-state index contributed by atoms with van der Waals surface area (Å²) in [6, 6.07) is 0. The average Bonchev–Trinajstić information content (AvgIpc) is 2.78. The largest absolute Gasteiger partial charge is 0.469 e. The molecule has 1 aromatic heterocycles. The van der Waals surface area contributed by atoms with E-state index < -0.39 is 0 Å². The third-order valence-corrected chi connectivity index (χ3v) is 3.69. The summed E-state index contributed by atoms with van der Waals surface area (Å²) in [5, 5.41) is 3.01. The van der Waals surface area contributed by atoms with Gasteiger partial charge in [-0.1, -0.05) is 0 Å². The van der Waals surface area contributed by atoms with E-state index in [4.69, 9.17) is 4.74 Å². The maximum Gasteiger partial charge on any atom is 0.311 e. The fourth-order valence-corrected chi connectivity index (χ4v) is 2.69. The Morgan fingerprint density at radius 2 is 2.62 bits per heavy atom. The number of aromatic nitrogens is 1. The van der Waals surface area contributed by atoms with Crippen molar-refractivity contribution in [3.05, 3.63) is 16.1 Å². The first-order valence-electron chi connectivity index (χ1n) is 5.38. The van der Waals surface area contributed by atoms with Gasteiger partial charge in [0.05, 0.1) is 30.8 Å². The van der Waals surface area contributed by atoms with Crippen LogP contribution in [0.25, 0.3) is 0 Å². The number of carbonyl (C=O) groups is 1. The first kappa shape index (κ1) is 11.5. The number of nitrogens with zero attached hydrogens (tertiary/aromatic N) is 1. The number of esters is 1. The number of thiazole rings is 1. The van der Waals surface area contributed by atoms with Crippen LogP contribution in [-0.4, -0.2) is 31.3 Å². The van der Waals surface area contributed by atoms with Crippen molar-refractivity contribution < 1.29 is 14.3 Å². The molecule has 16 heavy (non-hydrogen) atoms. The molecular formula is C11H15NO3S. The van der Waals surface area contributed by atoms with Gasteiger partial charge in [-0.05, 0) is 12.8 Å². The highest BCUT2D eigenvalue weighted by molar-refractivity contribution is 7.09. The van der Waals surface area contributed by atoms with Crippen LogP contribution < -0.4 is 0 Å². The van der Waals surface area contributed by atoms with Gasteiger partial charge in [-0.3, -0.25) is 4.79 Å². The number of methoxy groups -OCH3 is 1. The van der Waals surface area contributed by atoms with E-state index in [1.54, 1.807) is 11.3 Å². The second-order valence-corrected chi connectivity index (χ2v) is 4.73. The van der Waals surface area contributed by atoms with Crippen LogP contribution in [0.2, 0.25) is 0 Å². The van der Waals surface area contributed by atoms with Gasteiger partial charge >= 0.3 is 5.97 Å². The first-order valence-corrected chi connectivity index (χ1v) is 6.26. The number of rotatable bonds is 3. The highest BCUT2D eigenvalue weighted by atomic mass is 32.1. The van der Waals surface area contributed by atoms with E-state index >= 15 is 0 Å². The van der Waals surface area contributed by atoms with Crippen LogP contribution >= 0.6 is 11.3 Å². The highest BCUT2D eigenvalue weighted by Gasteiger charge is 2.19. The molecule has 0 N–H and O–H groups in total. The quantitative estimate of drug-likeness (QED) is 0.756. The van der Waals surface area contributed by atoms with Crippen LogP contribution in [0, 0.1) is 0 Å². The van der Waals surface area contributed by atoms with E-state index in [1.165, 1.54) is 7.11 Å². The minimum atomic E-state index is -0.239. The summed E-state index contributed by atoms with van der Waals surface area (Å²) in [5.41, 5.74) is 0.803. The monoisotopic (exact) mass is 241 g/mol. The molecule has 0 amide bonds. The minimum absolute atomic E-state index is 0.239. The van der Waals surface area contributed by atoms with Gasteiger partial charge in [0.1, 0.15) is 0 Å². The van der Waals surface area contributed by atoms with Crippen molar-refractivity contribution in [3.8, 4) is 0 Å². The molecule has 1 aliphatic heterocycles. The third-order valence-electron chi connectivity index (χ3n) is 2.63. The lowest BCUT2D eigenvalue weighted by Crippen LogP contribution is -2.15. The van der Waals surface area contributed by atoms with E-state index in [1.807, 2.05) is 5.38 Å². The van der Waals surface area contributed by atoms with E-state index in [0.29, 0.717) is 5.92 Å². The molecule has 1 aliphatic rings. The minimum Gasteiger partial charge on any atom is -0.469 e. The Bertz CT molecular complexity index is 358. The fraction of sp³-hybridized carbons (Fsp3) is 0.636. The molecule has 5 heteroatoms. The second-order valence-electron chi connectivity index (χ2n) is 3.84. The molecule has 0 aliphatic carbocycles. The molecular weight excluding hydrogens is 226 g/mol. The molecule has 1 atom stereocenters. The molecule has 0 spiro atoms. The molecule has 1 fully saturated rings. The van der Waals surface area contributed by atoms with E-state index in [0.717, 1.165) is 36.8 Å². The van der Waals surface area contributed by atoms with Crippen LogP contribution in [0.3, 0.4) is 0 Å². The zero-order valence-corrected chi connectivity index (χ0v) is 10.1. The SMILES string of the molecule is COC(=O)Cc1csc(C2CCCOC2)n1. The lowest BCUT2D eigenvalue weighted by Gasteiger charge is -2.19. The van der Waals surface area contributed by atoms with E-state index in [9.17, 15) is 4.79 Å². The molecule has 0 radical (unpaired) electrons. The van der Waals surface area contributed by atoms with Gasteiger partial charge in [0.2, 0.25) is 0 Å². The Hall–Kier alpha value is -0.940. The standard InChI is InChI=1S/C11H15NO3S/c1-14-10(13)5-9-7-16-11(12-9)8-3-2-4-15-6-8/h7-8H,2-6H2,1H3. The zero-order chi connectivity index (χ0) is 11.4. The lowest BCUT2D eigenvalue weighted by molar-refractivity contribution is -0.139. The Kier molecular flexibility index (Phi) is 3.90. The van der Waals surface area contributed by atoms with Crippen molar-refractivity contribution in [3.63, 3.8) is 0 Å². The van der Waals surface area contributed by atoms with Crippen molar-refractivity contribution in [2.24, 2.45) is 0 Å². The molecule has 88 valence electrons. The molecule has 0 aromatic carbocycles. The lowest BCUT2D eigenvalue weighted by atomic mass is 10.0. The fourth-order valence-electron chi connectivity index (χ4n) is 1.75. The molecule has 2 heterocycles. The van der Waals surface area contributed by atoms with E-state index in [2.05, 4.69) is 9.72 Å². The van der Waals surface area contributed by atoms with Gasteiger partial charge in [-0.2, -0.15) is 0 Å². The van der Waals surface area contributed by atoms with E-state index in [-0.39, 0.29) is 12.4 Å². The maximum atomic E-state index is 11.1. The van der Waals surface area contributed by atoms with Crippen molar-refractivity contribution in [1.82, 2.24) is 4.98 Å². The van der Waals surface area contributed by atoms with Gasteiger partial charge in [0.25, 0.3) is 0 Å². The Balaban J connectivity index is 1.98. The van der Waals surface area contributed by atoms with Crippen LogP contribution in [0.4, 0.5) is 0 Å². The molecule has 1 unspecified atom stereocenters. The van der Waals surface area contributed by atoms with Crippen molar-refractivity contribution in [1.29, 1.82) is 0 Å². The first-order chi connectivity index (χ1) is 7.79. The molecule has 4 nitrogen and oxygen atoms in total. The predicted octanol–water partition coefficient (Wildman–Crippen LogP) is 1.75. The predicted molar refractivity (Wildman–Crippen MR) is 60.6 cm³/mol. The molecule has 2 rings (SSSR count). The second kappa shape index (κ2) is 5.41. The molecule has 0 bridgehead atoms. The normalized spacial score (nSPS) is 20.7. The van der Waals surface area contributed by atoms with Gasteiger partial charge < -0.3 is 9.47 Å². The van der Waals surface area contributed by atoms with Gasteiger partial charge in [-0.15, -0.1) is 11.3 Å².